The van der Waals surface area contributed by atoms with E-state index in [0.717, 1.165) is 33.8 Å². The van der Waals surface area contributed by atoms with Gasteiger partial charge in [-0.3, -0.25) is 4.79 Å². The molecule has 0 unspecified atom stereocenters. The SMILES string of the molecule is O=C(Nc1ccc(-c2nc3cccnc3s2)cc1)c1ccc(S(=O)(=O)N2CCCC2)cc1. The molecule has 0 saturated carbocycles. The molecule has 0 spiro atoms. The van der Waals surface area contributed by atoms with Crippen LogP contribution in [-0.2, 0) is 10.0 Å². The van der Waals surface area contributed by atoms with Crippen LogP contribution in [0.25, 0.3) is 20.9 Å². The first kappa shape index (κ1) is 20.7. The van der Waals surface area contributed by atoms with Crippen molar-refractivity contribution in [3.63, 3.8) is 0 Å². The van der Waals surface area contributed by atoms with Crippen molar-refractivity contribution in [2.75, 3.05) is 18.4 Å². The standard InChI is InChI=1S/C23H20N4O3S2/c28-21(16-7-11-19(12-8-16)32(29,30)27-14-1-2-15-27)25-18-9-5-17(6-10-18)22-26-20-4-3-13-24-23(20)31-22/h3-13H,1-2,14-15H2,(H,25,28). The summed E-state index contributed by atoms with van der Waals surface area (Å²) in [5, 5.41) is 3.72. The van der Waals surface area contributed by atoms with Gasteiger partial charge in [0, 0.05) is 36.1 Å². The summed E-state index contributed by atoms with van der Waals surface area (Å²) in [6.07, 6.45) is 3.51. The van der Waals surface area contributed by atoms with E-state index < -0.39 is 10.0 Å². The predicted octanol–water partition coefficient (Wildman–Crippen LogP) is 4.40. The number of nitrogens with one attached hydrogen (secondary N) is 1. The number of rotatable bonds is 5. The number of fused-ring (bicyclic) bond motifs is 1. The third kappa shape index (κ3) is 4.02. The summed E-state index contributed by atoms with van der Waals surface area (Å²) in [7, 11) is -3.49. The average Bonchev–Trinajstić information content (AvgIpc) is 3.50. The summed E-state index contributed by atoms with van der Waals surface area (Å²) < 4.78 is 26.8. The van der Waals surface area contributed by atoms with Gasteiger partial charge < -0.3 is 5.32 Å². The van der Waals surface area contributed by atoms with E-state index in [9.17, 15) is 13.2 Å². The minimum absolute atomic E-state index is 0.214. The second-order valence-corrected chi connectivity index (χ2v) is 10.4. The zero-order valence-electron chi connectivity index (χ0n) is 17.1. The molecule has 0 aliphatic carbocycles. The first-order valence-electron chi connectivity index (χ1n) is 10.2. The lowest BCUT2D eigenvalue weighted by Gasteiger charge is -2.15. The van der Waals surface area contributed by atoms with E-state index in [-0.39, 0.29) is 10.8 Å². The number of nitrogens with zero attached hydrogens (tertiary/aromatic N) is 3. The molecule has 2 aromatic heterocycles. The molecule has 0 atom stereocenters. The fourth-order valence-electron chi connectivity index (χ4n) is 3.65. The number of carbonyl (C=O) groups is 1. The zero-order valence-corrected chi connectivity index (χ0v) is 18.7. The molecule has 0 radical (unpaired) electrons. The second kappa shape index (κ2) is 8.42. The number of sulfonamides is 1. The number of thiazole rings is 1. The highest BCUT2D eigenvalue weighted by atomic mass is 32.2. The van der Waals surface area contributed by atoms with Crippen LogP contribution in [0, 0.1) is 0 Å². The van der Waals surface area contributed by atoms with Gasteiger partial charge in [0.15, 0.2) is 0 Å². The number of carbonyl (C=O) groups excluding carboxylic acids is 1. The maximum absolute atomic E-state index is 12.6. The topological polar surface area (TPSA) is 92.3 Å². The van der Waals surface area contributed by atoms with Crippen LogP contribution in [0.1, 0.15) is 23.2 Å². The fraction of sp³-hybridized carbons (Fsp3) is 0.174. The summed E-state index contributed by atoms with van der Waals surface area (Å²) in [4.78, 5) is 22.6. The first-order chi connectivity index (χ1) is 15.5. The molecule has 1 saturated heterocycles. The number of amides is 1. The Kier molecular flexibility index (Phi) is 5.46. The Balaban J connectivity index is 1.28. The first-order valence-corrected chi connectivity index (χ1v) is 12.5. The zero-order chi connectivity index (χ0) is 22.1. The molecule has 9 heteroatoms. The van der Waals surface area contributed by atoms with Crippen LogP contribution in [0.15, 0.2) is 71.8 Å². The number of anilines is 1. The van der Waals surface area contributed by atoms with Gasteiger partial charge in [0.2, 0.25) is 10.0 Å². The van der Waals surface area contributed by atoms with Crippen molar-refractivity contribution in [3.05, 3.63) is 72.4 Å². The normalized spacial score (nSPS) is 14.6. The van der Waals surface area contributed by atoms with E-state index in [1.165, 1.54) is 27.8 Å². The lowest BCUT2D eigenvalue weighted by Crippen LogP contribution is -2.27. The molecule has 1 amide bonds. The molecular formula is C23H20N4O3S2. The van der Waals surface area contributed by atoms with Crippen LogP contribution in [0.4, 0.5) is 5.69 Å². The molecule has 0 bridgehead atoms. The monoisotopic (exact) mass is 464 g/mol. The van der Waals surface area contributed by atoms with Crippen molar-refractivity contribution in [1.82, 2.24) is 14.3 Å². The number of hydrogen-bond donors (Lipinski definition) is 1. The van der Waals surface area contributed by atoms with E-state index in [1.807, 2.05) is 36.4 Å². The number of hydrogen-bond acceptors (Lipinski definition) is 6. The van der Waals surface area contributed by atoms with Crippen molar-refractivity contribution < 1.29 is 13.2 Å². The molecule has 1 aliphatic rings. The summed E-state index contributed by atoms with van der Waals surface area (Å²) in [5.74, 6) is -0.299. The largest absolute Gasteiger partial charge is 0.322 e. The molecule has 32 heavy (non-hydrogen) atoms. The second-order valence-electron chi connectivity index (χ2n) is 7.51. The molecule has 5 rings (SSSR count). The molecule has 2 aromatic carbocycles. The Morgan fingerprint density at radius 2 is 1.69 bits per heavy atom. The molecule has 1 aliphatic heterocycles. The Morgan fingerprint density at radius 1 is 0.969 bits per heavy atom. The minimum atomic E-state index is -3.49. The smallest absolute Gasteiger partial charge is 0.255 e. The Bertz CT molecular complexity index is 1340. The number of aromatic nitrogens is 2. The number of pyridine rings is 1. The number of benzene rings is 2. The van der Waals surface area contributed by atoms with E-state index in [4.69, 9.17) is 0 Å². The van der Waals surface area contributed by atoms with E-state index >= 15 is 0 Å². The summed E-state index contributed by atoms with van der Waals surface area (Å²) in [5.41, 5.74) is 2.85. The third-order valence-corrected chi connectivity index (χ3v) is 8.32. The van der Waals surface area contributed by atoms with Gasteiger partial charge in [0.1, 0.15) is 15.4 Å². The van der Waals surface area contributed by atoms with Crippen LogP contribution < -0.4 is 5.32 Å². The van der Waals surface area contributed by atoms with Gasteiger partial charge in [0.25, 0.3) is 5.91 Å². The maximum atomic E-state index is 12.6. The average molecular weight is 465 g/mol. The van der Waals surface area contributed by atoms with E-state index in [1.54, 1.807) is 18.3 Å². The molecule has 1 N–H and O–H groups in total. The Hall–Kier alpha value is -3.14. The van der Waals surface area contributed by atoms with Crippen LogP contribution in [0.2, 0.25) is 0 Å². The van der Waals surface area contributed by atoms with Gasteiger partial charge in [0.05, 0.1) is 4.90 Å². The Labute approximate surface area is 189 Å². The summed E-state index contributed by atoms with van der Waals surface area (Å²) in [6.45, 7) is 1.10. The predicted molar refractivity (Wildman–Crippen MR) is 125 cm³/mol. The summed E-state index contributed by atoms with van der Waals surface area (Å²) >= 11 is 1.52. The van der Waals surface area contributed by atoms with Crippen LogP contribution >= 0.6 is 11.3 Å². The highest BCUT2D eigenvalue weighted by Gasteiger charge is 2.27. The van der Waals surface area contributed by atoms with Gasteiger partial charge in [-0.2, -0.15) is 4.31 Å². The van der Waals surface area contributed by atoms with Crippen LogP contribution in [0.3, 0.4) is 0 Å². The maximum Gasteiger partial charge on any atom is 0.255 e. The van der Waals surface area contributed by atoms with Crippen molar-refractivity contribution in [3.8, 4) is 10.6 Å². The molecule has 3 heterocycles. The van der Waals surface area contributed by atoms with E-state index in [2.05, 4.69) is 15.3 Å². The molecule has 7 nitrogen and oxygen atoms in total. The molecule has 4 aromatic rings. The summed E-state index contributed by atoms with van der Waals surface area (Å²) in [6, 6.07) is 17.3. The third-order valence-electron chi connectivity index (χ3n) is 5.38. The van der Waals surface area contributed by atoms with Crippen molar-refractivity contribution >= 4 is 43.3 Å². The van der Waals surface area contributed by atoms with Crippen molar-refractivity contribution in [1.29, 1.82) is 0 Å². The molecule has 162 valence electrons. The lowest BCUT2D eigenvalue weighted by atomic mass is 10.2. The quantitative estimate of drug-likeness (QED) is 0.473. The van der Waals surface area contributed by atoms with Gasteiger partial charge in [-0.25, -0.2) is 18.4 Å². The van der Waals surface area contributed by atoms with Crippen LogP contribution in [-0.4, -0.2) is 41.7 Å². The van der Waals surface area contributed by atoms with Crippen molar-refractivity contribution in [2.45, 2.75) is 17.7 Å². The fourth-order valence-corrected chi connectivity index (χ4v) is 6.08. The lowest BCUT2D eigenvalue weighted by molar-refractivity contribution is 0.102. The minimum Gasteiger partial charge on any atom is -0.322 e. The highest BCUT2D eigenvalue weighted by molar-refractivity contribution is 7.89. The highest BCUT2D eigenvalue weighted by Crippen LogP contribution is 2.29. The molecular weight excluding hydrogens is 444 g/mol. The van der Waals surface area contributed by atoms with Gasteiger partial charge in [-0.1, -0.05) is 11.3 Å². The Morgan fingerprint density at radius 3 is 2.38 bits per heavy atom. The van der Waals surface area contributed by atoms with Crippen molar-refractivity contribution in [2.24, 2.45) is 0 Å². The van der Waals surface area contributed by atoms with Gasteiger partial charge in [-0.15, -0.1) is 0 Å². The van der Waals surface area contributed by atoms with Crippen LogP contribution in [0.5, 0.6) is 0 Å². The van der Waals surface area contributed by atoms with E-state index in [0.29, 0.717) is 24.3 Å². The van der Waals surface area contributed by atoms with Gasteiger partial charge >= 0.3 is 0 Å². The molecule has 1 fully saturated rings. The van der Waals surface area contributed by atoms with Gasteiger partial charge in [-0.05, 0) is 73.5 Å².